The van der Waals surface area contributed by atoms with E-state index in [4.69, 9.17) is 5.11 Å². The fraction of sp³-hybridized carbons (Fsp3) is 0.600. The zero-order chi connectivity index (χ0) is 13.3. The molecular weight excluding hydrogens is 239 g/mol. The summed E-state index contributed by atoms with van der Waals surface area (Å²) in [5.74, 6) is -3.63. The molecule has 1 aliphatic rings. The maximum atomic E-state index is 12.6. The van der Waals surface area contributed by atoms with Gasteiger partial charge < -0.3 is 10.4 Å². The van der Waals surface area contributed by atoms with Crippen LogP contribution < -0.4 is 5.32 Å². The van der Waals surface area contributed by atoms with E-state index in [9.17, 15) is 22.8 Å². The molecule has 0 aromatic carbocycles. The molecule has 4 nitrogen and oxygen atoms in total. The Morgan fingerprint density at radius 3 is 2.12 bits per heavy atom. The van der Waals surface area contributed by atoms with Crippen molar-refractivity contribution in [2.24, 2.45) is 5.92 Å². The van der Waals surface area contributed by atoms with Crippen molar-refractivity contribution in [1.82, 2.24) is 5.32 Å². The molecule has 17 heavy (non-hydrogen) atoms. The number of rotatable bonds is 3. The van der Waals surface area contributed by atoms with Gasteiger partial charge in [-0.15, -0.1) is 0 Å². The van der Waals surface area contributed by atoms with Crippen molar-refractivity contribution in [3.63, 3.8) is 0 Å². The molecule has 0 bridgehead atoms. The number of carbonyl (C=O) groups is 2. The lowest BCUT2D eigenvalue weighted by Crippen LogP contribution is -2.62. The Kier molecular flexibility index (Phi) is 3.49. The Balaban J connectivity index is 2.81. The predicted molar refractivity (Wildman–Crippen MR) is 52.1 cm³/mol. The highest BCUT2D eigenvalue weighted by molar-refractivity contribution is 5.88. The monoisotopic (exact) mass is 251 g/mol. The molecule has 7 heteroatoms. The highest BCUT2D eigenvalue weighted by Crippen LogP contribution is 2.31. The topological polar surface area (TPSA) is 66.4 Å². The number of hydrogen-bond acceptors (Lipinski definition) is 2. The third kappa shape index (κ3) is 2.59. The molecule has 0 fully saturated rings. The van der Waals surface area contributed by atoms with E-state index in [1.165, 1.54) is 0 Å². The number of carboxylic acids is 1. The fourth-order valence-electron chi connectivity index (χ4n) is 1.43. The van der Waals surface area contributed by atoms with Gasteiger partial charge in [0.15, 0.2) is 0 Å². The van der Waals surface area contributed by atoms with E-state index in [-0.39, 0.29) is 0 Å². The van der Waals surface area contributed by atoms with Gasteiger partial charge in [-0.05, 0) is 19.8 Å². The van der Waals surface area contributed by atoms with Crippen LogP contribution in [0.1, 0.15) is 19.8 Å². The zero-order valence-electron chi connectivity index (χ0n) is 9.04. The van der Waals surface area contributed by atoms with Gasteiger partial charge in [0.25, 0.3) is 0 Å². The second kappa shape index (κ2) is 4.38. The summed E-state index contributed by atoms with van der Waals surface area (Å²) in [6, 6.07) is 0. The van der Waals surface area contributed by atoms with Gasteiger partial charge in [-0.1, -0.05) is 12.2 Å². The van der Waals surface area contributed by atoms with Crippen LogP contribution in [0.3, 0.4) is 0 Å². The quantitative estimate of drug-likeness (QED) is 0.746. The molecule has 0 spiro atoms. The maximum absolute atomic E-state index is 12.6. The van der Waals surface area contributed by atoms with Gasteiger partial charge in [0.2, 0.25) is 11.4 Å². The summed E-state index contributed by atoms with van der Waals surface area (Å²) >= 11 is 0. The summed E-state index contributed by atoms with van der Waals surface area (Å²) in [4.78, 5) is 22.2. The highest BCUT2D eigenvalue weighted by Gasteiger charge is 2.58. The first kappa shape index (κ1) is 13.5. The number of nitrogens with one attached hydrogen (secondary N) is 1. The van der Waals surface area contributed by atoms with Crippen LogP contribution in [0.15, 0.2) is 12.2 Å². The van der Waals surface area contributed by atoms with Crippen LogP contribution in [-0.2, 0) is 9.59 Å². The van der Waals surface area contributed by atoms with Crippen molar-refractivity contribution in [2.75, 3.05) is 0 Å². The van der Waals surface area contributed by atoms with E-state index in [0.717, 1.165) is 0 Å². The molecule has 0 aliphatic heterocycles. The van der Waals surface area contributed by atoms with Crippen LogP contribution in [0.5, 0.6) is 0 Å². The number of hydrogen-bond donors (Lipinski definition) is 2. The Hall–Kier alpha value is -1.53. The summed E-state index contributed by atoms with van der Waals surface area (Å²) in [5, 5.41) is 10.2. The van der Waals surface area contributed by atoms with E-state index < -0.39 is 29.5 Å². The summed E-state index contributed by atoms with van der Waals surface area (Å²) in [7, 11) is 0. The average Bonchev–Trinajstić information content (AvgIpc) is 2.67. The molecule has 1 amide bonds. The smallest absolute Gasteiger partial charge is 0.422 e. The second-order valence-corrected chi connectivity index (χ2v) is 4.06. The van der Waals surface area contributed by atoms with Crippen LogP contribution in [0.2, 0.25) is 0 Å². The second-order valence-electron chi connectivity index (χ2n) is 4.06. The minimum atomic E-state index is -5.04. The number of carboxylic acid groups (broad SMARTS) is 1. The largest absolute Gasteiger partial charge is 0.479 e. The molecule has 0 radical (unpaired) electrons. The zero-order valence-corrected chi connectivity index (χ0v) is 9.04. The first-order valence-electron chi connectivity index (χ1n) is 4.95. The number of halogens is 3. The first-order valence-corrected chi connectivity index (χ1v) is 4.95. The van der Waals surface area contributed by atoms with Crippen molar-refractivity contribution in [1.29, 1.82) is 0 Å². The molecule has 0 aromatic rings. The fourth-order valence-corrected chi connectivity index (χ4v) is 1.43. The molecule has 1 unspecified atom stereocenters. The standard InChI is InChI=1S/C10H12F3NO3/c1-9(8(16)17,10(11,12)13)14-7(15)6-4-2-3-5-6/h2-3,6H,4-5H2,1H3,(H,14,15)(H,16,17). The van der Waals surface area contributed by atoms with E-state index in [0.29, 0.717) is 19.8 Å². The number of amides is 1. The first-order chi connectivity index (χ1) is 7.68. The van der Waals surface area contributed by atoms with E-state index in [2.05, 4.69) is 0 Å². The lowest BCUT2D eigenvalue weighted by atomic mass is 9.99. The third-order valence-electron chi connectivity index (χ3n) is 2.75. The van der Waals surface area contributed by atoms with Gasteiger partial charge in [-0.3, -0.25) is 4.79 Å². The highest BCUT2D eigenvalue weighted by atomic mass is 19.4. The lowest BCUT2D eigenvalue weighted by Gasteiger charge is -2.29. The number of allylic oxidation sites excluding steroid dienone is 2. The SMILES string of the molecule is CC(NC(=O)C1CC=CC1)(C(=O)O)C(F)(F)F. The summed E-state index contributed by atoms with van der Waals surface area (Å²) in [6.45, 7) is 0.440. The Labute approximate surface area is 95.5 Å². The Bertz CT molecular complexity index is 356. The van der Waals surface area contributed by atoms with Gasteiger partial charge in [-0.25, -0.2) is 4.79 Å². The van der Waals surface area contributed by atoms with Crippen molar-refractivity contribution in [3.8, 4) is 0 Å². The summed E-state index contributed by atoms with van der Waals surface area (Å²) in [6.07, 6.45) is -1.02. The molecule has 1 rings (SSSR count). The average molecular weight is 251 g/mol. The van der Waals surface area contributed by atoms with Crippen molar-refractivity contribution in [2.45, 2.75) is 31.5 Å². The van der Waals surface area contributed by atoms with Crippen molar-refractivity contribution >= 4 is 11.9 Å². The van der Waals surface area contributed by atoms with E-state index in [1.54, 1.807) is 17.5 Å². The molecule has 1 aliphatic carbocycles. The van der Waals surface area contributed by atoms with Crippen LogP contribution in [0.4, 0.5) is 13.2 Å². The van der Waals surface area contributed by atoms with Crippen LogP contribution in [0.25, 0.3) is 0 Å². The Morgan fingerprint density at radius 1 is 1.29 bits per heavy atom. The molecule has 0 saturated heterocycles. The van der Waals surface area contributed by atoms with Crippen molar-refractivity contribution < 1.29 is 27.9 Å². The van der Waals surface area contributed by atoms with Gasteiger partial charge in [0.1, 0.15) is 0 Å². The predicted octanol–water partition coefficient (Wildman–Crippen LogP) is 1.47. The summed E-state index contributed by atoms with van der Waals surface area (Å²) in [5.41, 5.74) is -3.24. The minimum absolute atomic E-state index is 0.333. The van der Waals surface area contributed by atoms with Gasteiger partial charge in [0.05, 0.1) is 0 Å². The lowest BCUT2D eigenvalue weighted by molar-refractivity contribution is -0.207. The Morgan fingerprint density at radius 2 is 1.76 bits per heavy atom. The normalized spacial score (nSPS) is 20.0. The third-order valence-corrected chi connectivity index (χ3v) is 2.75. The number of carbonyl (C=O) groups excluding carboxylic acids is 1. The molecular formula is C10H12F3NO3. The van der Waals surface area contributed by atoms with Gasteiger partial charge in [0, 0.05) is 5.92 Å². The van der Waals surface area contributed by atoms with Crippen molar-refractivity contribution in [3.05, 3.63) is 12.2 Å². The minimum Gasteiger partial charge on any atom is -0.479 e. The molecule has 96 valence electrons. The van der Waals surface area contributed by atoms with Crippen LogP contribution in [-0.4, -0.2) is 28.7 Å². The van der Waals surface area contributed by atoms with E-state index >= 15 is 0 Å². The molecule has 1 atom stereocenters. The summed E-state index contributed by atoms with van der Waals surface area (Å²) < 4.78 is 37.8. The molecule has 2 N–H and O–H groups in total. The molecule has 0 saturated carbocycles. The van der Waals surface area contributed by atoms with Crippen LogP contribution >= 0.6 is 0 Å². The van der Waals surface area contributed by atoms with Gasteiger partial charge in [-0.2, -0.15) is 13.2 Å². The number of aliphatic carboxylic acids is 1. The molecule has 0 heterocycles. The number of alkyl halides is 3. The van der Waals surface area contributed by atoms with Crippen LogP contribution in [0, 0.1) is 5.92 Å². The maximum Gasteiger partial charge on any atom is 0.422 e. The molecule has 0 aromatic heterocycles. The van der Waals surface area contributed by atoms with Gasteiger partial charge >= 0.3 is 12.1 Å². The van der Waals surface area contributed by atoms with E-state index in [1.807, 2.05) is 0 Å².